The number of hydrogen-bond donors (Lipinski definition) is 3. The normalized spacial score (nSPS) is 13.9. The first-order chi connectivity index (χ1) is 29.7. The van der Waals surface area contributed by atoms with Crippen LogP contribution in [0.25, 0.3) is 0 Å². The highest BCUT2D eigenvalue weighted by Gasteiger charge is 2.27. The summed E-state index contributed by atoms with van der Waals surface area (Å²) in [5.74, 6) is -0.916. The van der Waals surface area contributed by atoms with Gasteiger partial charge in [-0.05, 0) is 44.9 Å². The van der Waals surface area contributed by atoms with E-state index in [9.17, 15) is 24.2 Å². The monoisotopic (exact) mass is 887 g/mol. The summed E-state index contributed by atoms with van der Waals surface area (Å²) >= 11 is 0. The lowest BCUT2D eigenvalue weighted by atomic mass is 10.0. The molecule has 0 fully saturated rings. The molecule has 0 aromatic carbocycles. The second-order valence-electron chi connectivity index (χ2n) is 17.2. The van der Waals surface area contributed by atoms with Crippen molar-refractivity contribution in [3.8, 4) is 0 Å². The molecule has 3 atom stereocenters. The van der Waals surface area contributed by atoms with Crippen LogP contribution in [0.4, 0.5) is 0 Å². The van der Waals surface area contributed by atoms with Crippen molar-refractivity contribution in [1.82, 2.24) is 0 Å². The molecule has 3 N–H and O–H groups in total. The quantitative estimate of drug-likeness (QED) is 0.0233. The molecule has 61 heavy (non-hydrogen) atoms. The van der Waals surface area contributed by atoms with Gasteiger partial charge < -0.3 is 24.6 Å². The zero-order valence-electron chi connectivity index (χ0n) is 39.4. The molecule has 0 saturated heterocycles. The minimum Gasteiger partial charge on any atom is -0.462 e. The van der Waals surface area contributed by atoms with Crippen LogP contribution in [0.3, 0.4) is 0 Å². The summed E-state index contributed by atoms with van der Waals surface area (Å²) in [6, 6.07) is 0. The number of aliphatic hydroxyl groups excluding tert-OH is 2. The largest absolute Gasteiger partial charge is 0.472 e. The number of ether oxygens (including phenoxy) is 2. The number of carbonyl (C=O) groups excluding carboxylic acids is 2. The topological polar surface area (TPSA) is 149 Å². The van der Waals surface area contributed by atoms with E-state index < -0.39 is 51.8 Å². The Bertz CT molecular complexity index is 1070. The Morgan fingerprint density at radius 1 is 0.492 bits per heavy atom. The average molecular weight is 887 g/mol. The van der Waals surface area contributed by atoms with Crippen molar-refractivity contribution in [2.24, 2.45) is 0 Å². The van der Waals surface area contributed by atoms with Gasteiger partial charge in [-0.2, -0.15) is 0 Å². The minimum atomic E-state index is -4.62. The maximum atomic E-state index is 12.7. The molecule has 0 radical (unpaired) electrons. The fourth-order valence-electron chi connectivity index (χ4n) is 7.20. The molecule has 0 aliphatic carbocycles. The van der Waals surface area contributed by atoms with E-state index in [1.807, 2.05) is 0 Å². The van der Waals surface area contributed by atoms with Crippen LogP contribution in [0.5, 0.6) is 0 Å². The molecule has 0 amide bonds. The Kier molecular flexibility index (Phi) is 45.3. The van der Waals surface area contributed by atoms with Crippen LogP contribution in [0, 0.1) is 0 Å². The molecular weight excluding hydrogens is 792 g/mol. The van der Waals surface area contributed by atoms with Crippen LogP contribution in [0.2, 0.25) is 0 Å². The Morgan fingerprint density at radius 2 is 0.852 bits per heavy atom. The van der Waals surface area contributed by atoms with Gasteiger partial charge in [-0.3, -0.25) is 18.6 Å². The van der Waals surface area contributed by atoms with Crippen LogP contribution in [0.1, 0.15) is 245 Å². The standard InChI is InChI=1S/C50H95O10P/c1-3-5-7-9-11-13-15-17-19-21-23-25-27-29-31-33-35-37-39-41-49(53)57-45-48(46-59-61(55,56)58-44-47(52)43-51)60-50(54)42-40-38-36-34-32-30-28-26-24-22-20-18-16-14-12-10-8-6-4-2/h12,14,18,20,47-48,51-52H,3-11,13,15-17,19,21-46H2,1-2H3,(H,55,56)/b14-12-,20-18-/t47-,48+/m0/s1. The third-order valence-electron chi connectivity index (χ3n) is 11.1. The third-order valence-corrected chi connectivity index (χ3v) is 12.1. The maximum Gasteiger partial charge on any atom is 0.472 e. The predicted molar refractivity (Wildman–Crippen MR) is 252 cm³/mol. The summed E-state index contributed by atoms with van der Waals surface area (Å²) < 4.78 is 32.9. The van der Waals surface area contributed by atoms with Gasteiger partial charge in [-0.1, -0.05) is 212 Å². The molecule has 0 saturated carbocycles. The molecule has 0 bridgehead atoms. The number of rotatable bonds is 48. The van der Waals surface area contributed by atoms with Gasteiger partial charge in [-0.15, -0.1) is 0 Å². The lowest BCUT2D eigenvalue weighted by molar-refractivity contribution is -0.161. The van der Waals surface area contributed by atoms with Crippen molar-refractivity contribution in [3.63, 3.8) is 0 Å². The fraction of sp³-hybridized carbons (Fsp3) is 0.880. The molecule has 0 heterocycles. The molecular formula is C50H95O10P. The molecule has 1 unspecified atom stereocenters. The zero-order chi connectivity index (χ0) is 44.8. The van der Waals surface area contributed by atoms with Gasteiger partial charge in [0.25, 0.3) is 0 Å². The molecule has 0 aliphatic heterocycles. The highest BCUT2D eigenvalue weighted by atomic mass is 31.2. The number of allylic oxidation sites excluding steroid dienone is 4. The molecule has 0 aliphatic rings. The Balaban J connectivity index is 4.17. The number of phosphoric ester groups is 1. The summed E-state index contributed by atoms with van der Waals surface area (Å²) in [5, 5.41) is 18.4. The molecule has 0 aromatic rings. The van der Waals surface area contributed by atoms with Crippen LogP contribution < -0.4 is 0 Å². The first-order valence-electron chi connectivity index (χ1n) is 25.3. The molecule has 360 valence electrons. The number of hydrogen-bond acceptors (Lipinski definition) is 9. The average Bonchev–Trinajstić information content (AvgIpc) is 3.25. The fourth-order valence-corrected chi connectivity index (χ4v) is 7.99. The SMILES string of the molecule is CCCCC/C=C\C/C=C\CCCCCCCCCCCC(=O)O[C@H](COC(=O)CCCCCCCCCCCCCCCCCCCCC)COP(=O)(O)OC[C@@H](O)CO. The van der Waals surface area contributed by atoms with E-state index in [-0.39, 0.29) is 19.4 Å². The van der Waals surface area contributed by atoms with Crippen molar-refractivity contribution in [1.29, 1.82) is 0 Å². The predicted octanol–water partition coefficient (Wildman–Crippen LogP) is 14.1. The Hall–Kier alpha value is -1.55. The van der Waals surface area contributed by atoms with Crippen molar-refractivity contribution in [3.05, 3.63) is 24.3 Å². The Labute approximate surface area is 374 Å². The number of carbonyl (C=O) groups is 2. The van der Waals surface area contributed by atoms with Gasteiger partial charge in [0.1, 0.15) is 12.7 Å². The maximum absolute atomic E-state index is 12.7. The third kappa shape index (κ3) is 46.3. The summed E-state index contributed by atoms with van der Waals surface area (Å²) in [5.41, 5.74) is 0. The van der Waals surface area contributed by atoms with E-state index in [1.54, 1.807) is 0 Å². The van der Waals surface area contributed by atoms with Crippen molar-refractivity contribution < 1.29 is 47.8 Å². The zero-order valence-corrected chi connectivity index (χ0v) is 40.3. The van der Waals surface area contributed by atoms with Crippen molar-refractivity contribution in [2.75, 3.05) is 26.4 Å². The van der Waals surface area contributed by atoms with Crippen LogP contribution in [0.15, 0.2) is 24.3 Å². The molecule has 0 rings (SSSR count). The number of aliphatic hydroxyl groups is 2. The van der Waals surface area contributed by atoms with E-state index in [0.29, 0.717) is 12.8 Å². The summed E-state index contributed by atoms with van der Waals surface area (Å²) in [4.78, 5) is 35.2. The highest BCUT2D eigenvalue weighted by Crippen LogP contribution is 2.43. The molecule has 0 aromatic heterocycles. The highest BCUT2D eigenvalue weighted by molar-refractivity contribution is 7.47. The second-order valence-corrected chi connectivity index (χ2v) is 18.7. The minimum absolute atomic E-state index is 0.182. The first kappa shape index (κ1) is 59.5. The number of phosphoric acid groups is 1. The van der Waals surface area contributed by atoms with Gasteiger partial charge in [0.2, 0.25) is 0 Å². The van der Waals surface area contributed by atoms with Gasteiger partial charge in [0, 0.05) is 12.8 Å². The lowest BCUT2D eigenvalue weighted by Crippen LogP contribution is -2.29. The summed E-state index contributed by atoms with van der Waals surface area (Å²) in [7, 11) is -4.62. The van der Waals surface area contributed by atoms with Gasteiger partial charge in [0.05, 0.1) is 19.8 Å². The van der Waals surface area contributed by atoms with Crippen molar-refractivity contribution >= 4 is 19.8 Å². The second kappa shape index (κ2) is 46.4. The van der Waals surface area contributed by atoms with E-state index in [0.717, 1.165) is 51.4 Å². The van der Waals surface area contributed by atoms with Gasteiger partial charge >= 0.3 is 19.8 Å². The van der Waals surface area contributed by atoms with E-state index >= 15 is 0 Å². The van der Waals surface area contributed by atoms with Crippen LogP contribution in [-0.2, 0) is 32.7 Å². The summed E-state index contributed by atoms with van der Waals surface area (Å²) in [6.45, 7) is 2.40. The number of unbranched alkanes of at least 4 members (excludes halogenated alkanes) is 30. The smallest absolute Gasteiger partial charge is 0.462 e. The van der Waals surface area contributed by atoms with Crippen molar-refractivity contribution in [2.45, 2.75) is 257 Å². The van der Waals surface area contributed by atoms with Crippen LogP contribution in [-0.4, -0.2) is 65.7 Å². The molecule has 0 spiro atoms. The Morgan fingerprint density at radius 3 is 1.30 bits per heavy atom. The van der Waals surface area contributed by atoms with Crippen LogP contribution >= 0.6 is 7.82 Å². The van der Waals surface area contributed by atoms with E-state index in [1.165, 1.54) is 154 Å². The lowest BCUT2D eigenvalue weighted by Gasteiger charge is -2.20. The van der Waals surface area contributed by atoms with Gasteiger partial charge in [0.15, 0.2) is 6.10 Å². The molecule has 11 heteroatoms. The first-order valence-corrected chi connectivity index (χ1v) is 26.8. The number of esters is 2. The van der Waals surface area contributed by atoms with E-state index in [4.69, 9.17) is 23.6 Å². The van der Waals surface area contributed by atoms with Gasteiger partial charge in [-0.25, -0.2) is 4.57 Å². The molecule has 10 nitrogen and oxygen atoms in total. The summed E-state index contributed by atoms with van der Waals surface area (Å²) in [6.07, 6.45) is 48.5. The van der Waals surface area contributed by atoms with E-state index in [2.05, 4.69) is 38.2 Å².